The molecule has 0 fully saturated rings. The zero-order valence-corrected chi connectivity index (χ0v) is 6.45. The fourth-order valence-corrected chi connectivity index (χ4v) is 0.0833. The van der Waals surface area contributed by atoms with Gasteiger partial charge in [0.2, 0.25) is 0 Å². The Hall–Kier alpha value is 1.23. The molecule has 0 N–H and O–H groups in total. The maximum Gasteiger partial charge on any atom is 1.00 e. The first-order valence-electron chi connectivity index (χ1n) is 0.908. The van der Waals surface area contributed by atoms with Crippen LogP contribution in [-0.4, -0.2) is 6.26 Å². The minimum atomic E-state index is 0. The summed E-state index contributed by atoms with van der Waals surface area (Å²) in [5.41, 5.74) is 0. The van der Waals surface area contributed by atoms with Crippen LogP contribution in [0.25, 0.3) is 0 Å². The summed E-state index contributed by atoms with van der Waals surface area (Å²) in [5.74, 6) is 0. The molecule has 0 saturated heterocycles. The minimum absolute atomic E-state index is 0. The molecule has 0 atom stereocenters. The van der Waals surface area contributed by atoms with Crippen LogP contribution in [0.4, 0.5) is 0 Å². The molecule has 0 aromatic heterocycles. The van der Waals surface area contributed by atoms with Crippen molar-refractivity contribution in [2.75, 3.05) is 6.26 Å². The predicted molar refractivity (Wildman–Crippen MR) is 15.7 cm³/mol. The van der Waals surface area contributed by atoms with E-state index in [-0.39, 0.29) is 29.6 Å². The monoisotopic (exact) mass is 118 g/mol. The average Bonchev–Trinajstić information content (AvgIpc) is 1.41. The molecule has 0 rings (SSSR count). The summed E-state index contributed by atoms with van der Waals surface area (Å²) in [6, 6.07) is 0. The SMILES string of the molecule is CSOO[O-].[Na+]. The molecule has 0 radical (unpaired) electrons. The summed E-state index contributed by atoms with van der Waals surface area (Å²) in [5, 5.41) is 11.7. The van der Waals surface area contributed by atoms with Crippen molar-refractivity contribution in [3.63, 3.8) is 0 Å². The van der Waals surface area contributed by atoms with Gasteiger partial charge in [-0.1, -0.05) is 0 Å². The summed E-state index contributed by atoms with van der Waals surface area (Å²) in [7, 11) is 0. The molecular formula is CH3NaO3S. The Bertz CT molecular complexity index is 18.3. The third kappa shape index (κ3) is 8.97. The van der Waals surface area contributed by atoms with Gasteiger partial charge in [-0.3, -0.25) is 5.04 Å². The Balaban J connectivity index is 0. The van der Waals surface area contributed by atoms with Crippen molar-refractivity contribution < 1.29 is 44.2 Å². The topological polar surface area (TPSA) is 41.5 Å². The second-order valence-electron chi connectivity index (χ2n) is 0.303. The van der Waals surface area contributed by atoms with Gasteiger partial charge in [-0.05, 0) is 0 Å². The zero-order chi connectivity index (χ0) is 4.12. The van der Waals surface area contributed by atoms with Crippen molar-refractivity contribution in [3.8, 4) is 0 Å². The molecule has 0 heterocycles. The fraction of sp³-hybridized carbons (Fsp3) is 1.00. The molecular weight excluding hydrogens is 115 g/mol. The van der Waals surface area contributed by atoms with E-state index in [4.69, 9.17) is 5.26 Å². The van der Waals surface area contributed by atoms with E-state index in [0.717, 1.165) is 12.0 Å². The second-order valence-corrected chi connectivity index (χ2v) is 0.772. The van der Waals surface area contributed by atoms with Crippen LogP contribution in [-0.2, 0) is 9.37 Å². The molecule has 0 aromatic carbocycles. The van der Waals surface area contributed by atoms with Gasteiger partial charge in [0.15, 0.2) is 0 Å². The molecule has 0 bridgehead atoms. The van der Waals surface area contributed by atoms with E-state index in [2.05, 4.69) is 9.37 Å². The summed E-state index contributed by atoms with van der Waals surface area (Å²) in [6.07, 6.45) is 1.58. The summed E-state index contributed by atoms with van der Waals surface area (Å²) < 4.78 is 3.69. The molecule has 0 saturated carbocycles. The third-order valence-corrected chi connectivity index (χ3v) is 0.287. The number of rotatable bonds is 2. The Morgan fingerprint density at radius 3 is 2.17 bits per heavy atom. The zero-order valence-electron chi connectivity index (χ0n) is 3.63. The molecule has 3 nitrogen and oxygen atoms in total. The van der Waals surface area contributed by atoms with Crippen LogP contribution in [0.2, 0.25) is 0 Å². The summed E-state index contributed by atoms with van der Waals surface area (Å²) in [6.45, 7) is 0. The van der Waals surface area contributed by atoms with Gasteiger partial charge in [-0.25, -0.2) is 0 Å². The van der Waals surface area contributed by atoms with Crippen LogP contribution in [0.3, 0.4) is 0 Å². The molecule has 0 aromatic rings. The Morgan fingerprint density at radius 2 is 2.17 bits per heavy atom. The minimum Gasteiger partial charge on any atom is -0.691 e. The summed E-state index contributed by atoms with van der Waals surface area (Å²) in [4.78, 5) is 0. The van der Waals surface area contributed by atoms with Gasteiger partial charge in [0.1, 0.15) is 0 Å². The van der Waals surface area contributed by atoms with E-state index in [9.17, 15) is 0 Å². The van der Waals surface area contributed by atoms with Gasteiger partial charge in [0.05, 0.1) is 0 Å². The third-order valence-electron chi connectivity index (χ3n) is 0.0958. The molecule has 0 aliphatic heterocycles. The van der Waals surface area contributed by atoms with Crippen molar-refractivity contribution in [1.82, 2.24) is 0 Å². The molecule has 0 aliphatic carbocycles. The van der Waals surface area contributed by atoms with E-state index in [0.29, 0.717) is 0 Å². The quantitative estimate of drug-likeness (QED) is 0.163. The van der Waals surface area contributed by atoms with Gasteiger partial charge in [0.25, 0.3) is 0 Å². The molecule has 0 spiro atoms. The first-order valence-corrected chi connectivity index (χ1v) is 2.06. The van der Waals surface area contributed by atoms with Crippen molar-refractivity contribution in [2.45, 2.75) is 0 Å². The largest absolute Gasteiger partial charge is 1.00 e. The van der Waals surface area contributed by atoms with Gasteiger partial charge in [-0.15, -0.1) is 0 Å². The van der Waals surface area contributed by atoms with Crippen LogP contribution in [0.1, 0.15) is 0 Å². The molecule has 6 heavy (non-hydrogen) atoms. The molecule has 5 heteroatoms. The van der Waals surface area contributed by atoms with Crippen LogP contribution in [0.15, 0.2) is 0 Å². The molecule has 0 amide bonds. The van der Waals surface area contributed by atoms with Gasteiger partial charge in [0, 0.05) is 18.3 Å². The van der Waals surface area contributed by atoms with Crippen LogP contribution < -0.4 is 34.8 Å². The Labute approximate surface area is 62.4 Å². The van der Waals surface area contributed by atoms with Crippen LogP contribution >= 0.6 is 12.0 Å². The predicted octanol–water partition coefficient (Wildman–Crippen LogP) is -3.51. The maximum absolute atomic E-state index is 8.79. The van der Waals surface area contributed by atoms with Crippen molar-refractivity contribution in [2.24, 2.45) is 0 Å². The van der Waals surface area contributed by atoms with E-state index in [1.165, 1.54) is 0 Å². The first kappa shape index (κ1) is 10.3. The van der Waals surface area contributed by atoms with Crippen molar-refractivity contribution >= 4 is 12.0 Å². The smallest absolute Gasteiger partial charge is 0.691 e. The van der Waals surface area contributed by atoms with E-state index in [1.54, 1.807) is 6.26 Å². The average molecular weight is 118 g/mol. The van der Waals surface area contributed by atoms with Crippen LogP contribution in [0.5, 0.6) is 0 Å². The summed E-state index contributed by atoms with van der Waals surface area (Å²) >= 11 is 0.867. The van der Waals surface area contributed by atoms with Gasteiger partial charge in [-0.2, -0.15) is 4.33 Å². The van der Waals surface area contributed by atoms with Crippen molar-refractivity contribution in [1.29, 1.82) is 0 Å². The van der Waals surface area contributed by atoms with Crippen LogP contribution in [0, 0.1) is 0 Å². The van der Waals surface area contributed by atoms with Gasteiger partial charge < -0.3 is 5.26 Å². The second kappa shape index (κ2) is 9.52. The first-order chi connectivity index (χ1) is 2.41. The normalized spacial score (nSPS) is 7.00. The fourth-order valence-electron chi connectivity index (χ4n) is 0.0278. The van der Waals surface area contributed by atoms with E-state index in [1.807, 2.05) is 0 Å². The maximum atomic E-state index is 8.79. The number of hydrogen-bond acceptors (Lipinski definition) is 4. The van der Waals surface area contributed by atoms with Crippen molar-refractivity contribution in [3.05, 3.63) is 0 Å². The molecule has 32 valence electrons. The molecule has 0 aliphatic rings. The number of hydrogen-bond donors (Lipinski definition) is 0. The molecule has 0 unspecified atom stereocenters. The van der Waals surface area contributed by atoms with E-state index < -0.39 is 0 Å². The van der Waals surface area contributed by atoms with Gasteiger partial charge >= 0.3 is 29.6 Å². The van der Waals surface area contributed by atoms with E-state index >= 15 is 0 Å². The Kier molecular flexibility index (Phi) is 16.3. The Morgan fingerprint density at radius 1 is 1.67 bits per heavy atom. The standard InChI is InChI=1S/CH4O3S.Na/c1-5-4-3-2;/h2H,1H3;/q;+1/p-1.